The van der Waals surface area contributed by atoms with Gasteiger partial charge in [0.1, 0.15) is 17.0 Å². The number of aromatic nitrogens is 2. The van der Waals surface area contributed by atoms with E-state index in [1.807, 2.05) is 18.2 Å². The maximum absolute atomic E-state index is 12.4. The first kappa shape index (κ1) is 19.9. The van der Waals surface area contributed by atoms with Crippen molar-refractivity contribution >= 4 is 33.3 Å². The van der Waals surface area contributed by atoms with Gasteiger partial charge in [0.2, 0.25) is 5.91 Å². The van der Waals surface area contributed by atoms with Gasteiger partial charge < -0.3 is 10.2 Å². The number of hydrogen-bond acceptors (Lipinski definition) is 6. The molecule has 3 aromatic rings. The Labute approximate surface area is 177 Å². The number of hydrogen-bond donors (Lipinski definition) is 1. The zero-order chi connectivity index (χ0) is 20.9. The second kappa shape index (κ2) is 8.94. The number of azide groups is 1. The van der Waals surface area contributed by atoms with Gasteiger partial charge in [0, 0.05) is 28.9 Å². The summed E-state index contributed by atoms with van der Waals surface area (Å²) in [5.41, 5.74) is 10.7. The number of nitrogens with zero attached hydrogens (tertiary/aromatic N) is 6. The molecule has 1 aliphatic heterocycles. The largest absolute Gasteiger partial charge is 0.363 e. The first-order valence-corrected chi connectivity index (χ1v) is 10.5. The number of fused-ring (bicyclic) bond motifs is 3. The van der Waals surface area contributed by atoms with Crippen molar-refractivity contribution in [3.63, 3.8) is 0 Å². The standard InChI is InChI=1S/C21H21N7OS/c1-14(15-6-3-2-4-7-15)26-20-19-16-9-11-28(18(29)8-5-10-25-27-22)12-17(16)30-21(19)24-13-23-20/h2-8,13-14H,9-12H2,1H3,(H,23,24,26)/b8-5+/t14-/m1/s1. The molecule has 1 aliphatic rings. The topological polar surface area (TPSA) is 107 Å². The van der Waals surface area contributed by atoms with Gasteiger partial charge in [-0.2, -0.15) is 0 Å². The van der Waals surface area contributed by atoms with E-state index in [1.165, 1.54) is 17.2 Å². The molecule has 4 rings (SSSR count). The van der Waals surface area contributed by atoms with Crippen LogP contribution in [-0.2, 0) is 17.8 Å². The zero-order valence-electron chi connectivity index (χ0n) is 16.5. The summed E-state index contributed by atoms with van der Waals surface area (Å²) in [5.74, 6) is 0.760. The zero-order valence-corrected chi connectivity index (χ0v) is 17.3. The number of benzene rings is 1. The number of amides is 1. The Morgan fingerprint density at radius 3 is 3.03 bits per heavy atom. The molecule has 1 aromatic carbocycles. The van der Waals surface area contributed by atoms with E-state index in [0.717, 1.165) is 27.3 Å². The molecule has 1 amide bonds. The second-order valence-corrected chi connectivity index (χ2v) is 8.09. The van der Waals surface area contributed by atoms with Crippen molar-refractivity contribution in [2.45, 2.75) is 25.9 Å². The fourth-order valence-electron chi connectivity index (χ4n) is 3.60. The molecular weight excluding hydrogens is 398 g/mol. The van der Waals surface area contributed by atoms with Gasteiger partial charge in [-0.15, -0.1) is 11.3 Å². The molecular formula is C21H21N7OS. The fraction of sp³-hybridized carbons (Fsp3) is 0.286. The third kappa shape index (κ3) is 4.12. The first-order chi connectivity index (χ1) is 14.7. The van der Waals surface area contributed by atoms with Crippen LogP contribution in [0.25, 0.3) is 20.7 Å². The van der Waals surface area contributed by atoms with Gasteiger partial charge in [-0.05, 0) is 36.1 Å². The lowest BCUT2D eigenvalue weighted by Gasteiger charge is -2.26. The van der Waals surface area contributed by atoms with Gasteiger partial charge >= 0.3 is 0 Å². The van der Waals surface area contributed by atoms with Crippen LogP contribution in [0.5, 0.6) is 0 Å². The molecule has 3 heterocycles. The highest BCUT2D eigenvalue weighted by molar-refractivity contribution is 7.19. The smallest absolute Gasteiger partial charge is 0.246 e. The fourth-order valence-corrected chi connectivity index (χ4v) is 4.80. The molecule has 0 radical (unpaired) electrons. The van der Waals surface area contributed by atoms with Gasteiger partial charge in [-0.25, -0.2) is 9.97 Å². The van der Waals surface area contributed by atoms with E-state index < -0.39 is 0 Å². The van der Waals surface area contributed by atoms with Crippen molar-refractivity contribution < 1.29 is 4.79 Å². The van der Waals surface area contributed by atoms with Crippen LogP contribution in [0.2, 0.25) is 0 Å². The summed E-state index contributed by atoms with van der Waals surface area (Å²) in [6, 6.07) is 10.4. The van der Waals surface area contributed by atoms with Crippen molar-refractivity contribution in [2.75, 3.05) is 18.4 Å². The van der Waals surface area contributed by atoms with Gasteiger partial charge in [-0.1, -0.05) is 41.5 Å². The van der Waals surface area contributed by atoms with E-state index in [9.17, 15) is 4.79 Å². The summed E-state index contributed by atoms with van der Waals surface area (Å²) < 4.78 is 0. The summed E-state index contributed by atoms with van der Waals surface area (Å²) in [6.45, 7) is 3.47. The predicted molar refractivity (Wildman–Crippen MR) is 118 cm³/mol. The van der Waals surface area contributed by atoms with Crippen molar-refractivity contribution in [3.8, 4) is 0 Å². The van der Waals surface area contributed by atoms with E-state index in [4.69, 9.17) is 5.53 Å². The highest BCUT2D eigenvalue weighted by Gasteiger charge is 2.25. The van der Waals surface area contributed by atoms with E-state index in [-0.39, 0.29) is 18.5 Å². The molecule has 2 aromatic heterocycles. The van der Waals surface area contributed by atoms with E-state index in [1.54, 1.807) is 28.6 Å². The van der Waals surface area contributed by atoms with Crippen molar-refractivity contribution in [3.05, 3.63) is 75.3 Å². The van der Waals surface area contributed by atoms with Crippen LogP contribution in [0.15, 0.2) is 53.9 Å². The Hall–Kier alpha value is -3.42. The van der Waals surface area contributed by atoms with E-state index in [2.05, 4.69) is 44.4 Å². The van der Waals surface area contributed by atoms with Crippen LogP contribution >= 0.6 is 11.3 Å². The van der Waals surface area contributed by atoms with Crippen LogP contribution in [0.1, 0.15) is 29.0 Å². The second-order valence-electron chi connectivity index (χ2n) is 7.01. The average molecular weight is 420 g/mol. The molecule has 0 saturated carbocycles. The monoisotopic (exact) mass is 419 g/mol. The summed E-state index contributed by atoms with van der Waals surface area (Å²) in [5, 5.41) is 8.01. The van der Waals surface area contributed by atoms with E-state index in [0.29, 0.717) is 13.1 Å². The van der Waals surface area contributed by atoms with Crippen LogP contribution in [0.3, 0.4) is 0 Å². The molecule has 0 bridgehead atoms. The lowest BCUT2D eigenvalue weighted by Crippen LogP contribution is -2.34. The lowest BCUT2D eigenvalue weighted by molar-refractivity contribution is -0.126. The lowest BCUT2D eigenvalue weighted by atomic mass is 10.0. The Morgan fingerprint density at radius 1 is 1.40 bits per heavy atom. The van der Waals surface area contributed by atoms with Crippen molar-refractivity contribution in [1.82, 2.24) is 14.9 Å². The molecule has 0 saturated heterocycles. The first-order valence-electron chi connectivity index (χ1n) is 9.70. The molecule has 9 heteroatoms. The Bertz CT molecular complexity index is 1130. The van der Waals surface area contributed by atoms with Crippen LogP contribution < -0.4 is 5.32 Å². The Balaban J connectivity index is 1.56. The highest BCUT2D eigenvalue weighted by Crippen LogP contribution is 2.38. The van der Waals surface area contributed by atoms with Crippen LogP contribution in [0, 0.1) is 0 Å². The number of carbonyl (C=O) groups excluding carboxylic acids is 1. The number of nitrogens with one attached hydrogen (secondary N) is 1. The number of thiophene rings is 1. The molecule has 0 spiro atoms. The minimum absolute atomic E-state index is 0.0756. The number of rotatable bonds is 6. The quantitative estimate of drug-likeness (QED) is 0.272. The summed E-state index contributed by atoms with van der Waals surface area (Å²) in [4.78, 5) is 28.0. The summed E-state index contributed by atoms with van der Waals surface area (Å²) >= 11 is 1.61. The van der Waals surface area contributed by atoms with Crippen molar-refractivity contribution in [2.24, 2.45) is 5.11 Å². The Morgan fingerprint density at radius 2 is 2.23 bits per heavy atom. The number of carbonyl (C=O) groups is 1. The molecule has 30 heavy (non-hydrogen) atoms. The van der Waals surface area contributed by atoms with E-state index >= 15 is 0 Å². The molecule has 8 nitrogen and oxygen atoms in total. The molecule has 0 aliphatic carbocycles. The van der Waals surface area contributed by atoms with Gasteiger partial charge in [0.25, 0.3) is 0 Å². The van der Waals surface area contributed by atoms with Gasteiger partial charge in [0.15, 0.2) is 0 Å². The predicted octanol–water partition coefficient (Wildman–Crippen LogP) is 4.62. The Kier molecular flexibility index (Phi) is 5.92. The normalized spacial score (nSPS) is 14.4. The highest BCUT2D eigenvalue weighted by atomic mass is 32.1. The SMILES string of the molecule is C[C@@H](Nc1ncnc2sc3c(c12)CCN(C(=O)/C=C/CN=[N+]=[N-])C3)c1ccccc1. The maximum atomic E-state index is 12.4. The minimum atomic E-state index is -0.0756. The average Bonchev–Trinajstić information content (AvgIpc) is 3.16. The van der Waals surface area contributed by atoms with Crippen molar-refractivity contribution in [1.29, 1.82) is 0 Å². The summed E-state index contributed by atoms with van der Waals surface area (Å²) in [6.07, 6.45) is 5.40. The van der Waals surface area contributed by atoms with Gasteiger partial charge in [-0.3, -0.25) is 4.79 Å². The molecule has 1 atom stereocenters. The van der Waals surface area contributed by atoms with Crippen LogP contribution in [-0.4, -0.2) is 33.9 Å². The van der Waals surface area contributed by atoms with Gasteiger partial charge in [0.05, 0.1) is 11.9 Å². The molecule has 0 fully saturated rings. The minimum Gasteiger partial charge on any atom is -0.363 e. The summed E-state index contributed by atoms with van der Waals surface area (Å²) in [7, 11) is 0. The molecule has 1 N–H and O–H groups in total. The number of anilines is 1. The third-order valence-electron chi connectivity index (χ3n) is 5.11. The third-order valence-corrected chi connectivity index (χ3v) is 6.24. The molecule has 0 unspecified atom stereocenters. The van der Waals surface area contributed by atoms with Crippen LogP contribution in [0.4, 0.5) is 5.82 Å². The maximum Gasteiger partial charge on any atom is 0.246 e. The molecule has 152 valence electrons.